The minimum atomic E-state index is -0.735. The number of hydrogen-bond acceptors (Lipinski definition) is 4. The summed E-state index contributed by atoms with van der Waals surface area (Å²) in [5, 5.41) is 23.2. The molecule has 0 unspecified atom stereocenters. The van der Waals surface area contributed by atoms with Crippen molar-refractivity contribution >= 4 is 0 Å². The molecule has 4 heteroatoms. The lowest BCUT2D eigenvalue weighted by Crippen LogP contribution is -2.32. The highest BCUT2D eigenvalue weighted by Gasteiger charge is 2.13. The molecule has 0 aliphatic rings. The highest BCUT2D eigenvalue weighted by Crippen LogP contribution is 2.23. The van der Waals surface area contributed by atoms with Crippen molar-refractivity contribution in [1.29, 1.82) is 0 Å². The summed E-state index contributed by atoms with van der Waals surface area (Å²) < 4.78 is 5.35. The summed E-state index contributed by atoms with van der Waals surface area (Å²) in [6, 6.07) is 14.9. The quantitative estimate of drug-likeness (QED) is 0.736. The summed E-state index contributed by atoms with van der Waals surface area (Å²) in [5.41, 5.74) is 1.67. The van der Waals surface area contributed by atoms with Gasteiger partial charge in [-0.15, -0.1) is 0 Å². The van der Waals surface area contributed by atoms with E-state index in [-0.39, 0.29) is 11.8 Å². The third-order valence-corrected chi connectivity index (χ3v) is 3.67. The fraction of sp³-hybridized carbons (Fsp3) is 0.333. The van der Waals surface area contributed by atoms with Crippen molar-refractivity contribution in [3.8, 4) is 11.5 Å². The second kappa shape index (κ2) is 7.82. The highest BCUT2D eigenvalue weighted by molar-refractivity contribution is 5.34. The molecule has 2 rings (SSSR count). The molecule has 0 fully saturated rings. The molecule has 0 bridgehead atoms. The Balaban J connectivity index is 1.90. The zero-order valence-electron chi connectivity index (χ0n) is 13.0. The SMILES string of the molecule is COc1ccccc1C[C@@H](C)NC[C@H](O)c1ccccc1O. The molecule has 3 N–H and O–H groups in total. The Hall–Kier alpha value is -2.04. The highest BCUT2D eigenvalue weighted by atomic mass is 16.5. The Labute approximate surface area is 131 Å². The van der Waals surface area contributed by atoms with Crippen molar-refractivity contribution in [3.05, 3.63) is 59.7 Å². The van der Waals surface area contributed by atoms with E-state index < -0.39 is 6.10 Å². The number of phenolic OH excluding ortho intramolecular Hbond substituents is 1. The van der Waals surface area contributed by atoms with E-state index >= 15 is 0 Å². The fourth-order valence-electron chi connectivity index (χ4n) is 2.47. The molecule has 2 atom stereocenters. The van der Waals surface area contributed by atoms with Gasteiger partial charge in [-0.3, -0.25) is 0 Å². The molecule has 0 saturated carbocycles. The minimum Gasteiger partial charge on any atom is -0.508 e. The molecular formula is C18H23NO3. The van der Waals surface area contributed by atoms with Gasteiger partial charge < -0.3 is 20.3 Å². The molecule has 0 aromatic heterocycles. The first-order chi connectivity index (χ1) is 10.6. The van der Waals surface area contributed by atoms with Crippen LogP contribution in [0.25, 0.3) is 0 Å². The van der Waals surface area contributed by atoms with E-state index in [2.05, 4.69) is 12.2 Å². The van der Waals surface area contributed by atoms with Crippen molar-refractivity contribution in [2.45, 2.75) is 25.5 Å². The number of para-hydroxylation sites is 2. The molecule has 2 aromatic rings. The van der Waals surface area contributed by atoms with Crippen molar-refractivity contribution in [3.63, 3.8) is 0 Å². The van der Waals surface area contributed by atoms with E-state index in [0.717, 1.165) is 17.7 Å². The van der Waals surface area contributed by atoms with Crippen LogP contribution in [-0.2, 0) is 6.42 Å². The first-order valence-electron chi connectivity index (χ1n) is 7.43. The van der Waals surface area contributed by atoms with Crippen molar-refractivity contribution in [2.24, 2.45) is 0 Å². The first-order valence-corrected chi connectivity index (χ1v) is 7.43. The molecule has 0 aliphatic carbocycles. The van der Waals surface area contributed by atoms with Crippen molar-refractivity contribution in [1.82, 2.24) is 5.32 Å². The Morgan fingerprint density at radius 2 is 1.77 bits per heavy atom. The van der Waals surface area contributed by atoms with Crippen LogP contribution in [0.3, 0.4) is 0 Å². The Kier molecular flexibility index (Phi) is 5.81. The summed E-state index contributed by atoms with van der Waals surface area (Å²) in [7, 11) is 1.67. The van der Waals surface area contributed by atoms with Crippen LogP contribution < -0.4 is 10.1 Å². The molecule has 0 aliphatic heterocycles. The lowest BCUT2D eigenvalue weighted by Gasteiger charge is -2.19. The van der Waals surface area contributed by atoms with Crippen molar-refractivity contribution in [2.75, 3.05) is 13.7 Å². The Morgan fingerprint density at radius 3 is 2.50 bits per heavy atom. The number of methoxy groups -OCH3 is 1. The second-order valence-corrected chi connectivity index (χ2v) is 5.40. The lowest BCUT2D eigenvalue weighted by molar-refractivity contribution is 0.167. The van der Waals surface area contributed by atoms with Gasteiger partial charge in [-0.1, -0.05) is 36.4 Å². The number of nitrogens with one attached hydrogen (secondary N) is 1. The average molecular weight is 301 g/mol. The van der Waals surface area contributed by atoms with Gasteiger partial charge in [0, 0.05) is 18.2 Å². The topological polar surface area (TPSA) is 61.7 Å². The van der Waals surface area contributed by atoms with E-state index in [1.54, 1.807) is 31.4 Å². The van der Waals surface area contributed by atoms with Gasteiger partial charge in [0.05, 0.1) is 13.2 Å². The van der Waals surface area contributed by atoms with Crippen LogP contribution in [0.15, 0.2) is 48.5 Å². The Bertz CT molecular complexity index is 600. The molecule has 0 amide bonds. The summed E-state index contributed by atoms with van der Waals surface area (Å²) in [4.78, 5) is 0. The number of aromatic hydroxyl groups is 1. The van der Waals surface area contributed by atoms with Gasteiger partial charge in [-0.05, 0) is 31.0 Å². The average Bonchev–Trinajstić information content (AvgIpc) is 2.53. The zero-order chi connectivity index (χ0) is 15.9. The molecule has 118 valence electrons. The molecule has 4 nitrogen and oxygen atoms in total. The maximum absolute atomic E-state index is 10.2. The number of aliphatic hydroxyl groups is 1. The first kappa shape index (κ1) is 16.3. The van der Waals surface area contributed by atoms with Crippen LogP contribution in [0, 0.1) is 0 Å². The lowest BCUT2D eigenvalue weighted by atomic mass is 10.0. The summed E-state index contributed by atoms with van der Waals surface area (Å²) in [6.45, 7) is 2.44. The van der Waals surface area contributed by atoms with Gasteiger partial charge in [-0.25, -0.2) is 0 Å². The van der Waals surface area contributed by atoms with Crippen LogP contribution in [-0.4, -0.2) is 29.9 Å². The molecule has 2 aromatic carbocycles. The summed E-state index contributed by atoms with van der Waals surface area (Å²) in [5.74, 6) is 0.992. The number of ether oxygens (including phenoxy) is 1. The van der Waals surface area contributed by atoms with E-state index in [0.29, 0.717) is 12.1 Å². The van der Waals surface area contributed by atoms with Crippen LogP contribution in [0.4, 0.5) is 0 Å². The third kappa shape index (κ3) is 4.23. The van der Waals surface area contributed by atoms with E-state index in [9.17, 15) is 10.2 Å². The smallest absolute Gasteiger partial charge is 0.122 e. The molecule has 0 saturated heterocycles. The number of aliphatic hydroxyl groups excluding tert-OH is 1. The van der Waals surface area contributed by atoms with Crippen molar-refractivity contribution < 1.29 is 14.9 Å². The van der Waals surface area contributed by atoms with Crippen LogP contribution in [0.1, 0.15) is 24.2 Å². The second-order valence-electron chi connectivity index (χ2n) is 5.40. The maximum atomic E-state index is 10.2. The molecule has 0 spiro atoms. The van der Waals surface area contributed by atoms with Gasteiger partial charge in [0.25, 0.3) is 0 Å². The number of benzene rings is 2. The van der Waals surface area contributed by atoms with Gasteiger partial charge in [0.2, 0.25) is 0 Å². The molecule has 0 heterocycles. The zero-order valence-corrected chi connectivity index (χ0v) is 13.0. The van der Waals surface area contributed by atoms with Gasteiger partial charge in [0.1, 0.15) is 11.5 Å². The summed E-state index contributed by atoms with van der Waals surface area (Å²) in [6.07, 6.45) is 0.0682. The normalized spacial score (nSPS) is 13.6. The third-order valence-electron chi connectivity index (χ3n) is 3.67. The van der Waals surface area contributed by atoms with Gasteiger partial charge in [0.15, 0.2) is 0 Å². The monoisotopic (exact) mass is 301 g/mol. The van der Waals surface area contributed by atoms with Crippen LogP contribution in [0.5, 0.6) is 11.5 Å². The largest absolute Gasteiger partial charge is 0.508 e. The van der Waals surface area contributed by atoms with E-state index in [1.807, 2.05) is 24.3 Å². The maximum Gasteiger partial charge on any atom is 0.122 e. The minimum absolute atomic E-state index is 0.120. The molecule has 22 heavy (non-hydrogen) atoms. The number of rotatable bonds is 7. The van der Waals surface area contributed by atoms with Gasteiger partial charge in [-0.2, -0.15) is 0 Å². The fourth-order valence-corrected chi connectivity index (χ4v) is 2.47. The predicted octanol–water partition coefficient (Wildman–Crippen LogP) is 2.66. The molecular weight excluding hydrogens is 278 g/mol. The Morgan fingerprint density at radius 1 is 1.09 bits per heavy atom. The predicted molar refractivity (Wildman–Crippen MR) is 87.2 cm³/mol. The van der Waals surface area contributed by atoms with Gasteiger partial charge >= 0.3 is 0 Å². The number of hydrogen-bond donors (Lipinski definition) is 3. The van der Waals surface area contributed by atoms with E-state index in [4.69, 9.17) is 4.74 Å². The van der Waals surface area contributed by atoms with Crippen LogP contribution >= 0.6 is 0 Å². The molecule has 0 radical (unpaired) electrons. The van der Waals surface area contributed by atoms with Crippen LogP contribution in [0.2, 0.25) is 0 Å². The number of phenols is 1. The summed E-state index contributed by atoms with van der Waals surface area (Å²) >= 11 is 0. The van der Waals surface area contributed by atoms with E-state index in [1.165, 1.54) is 0 Å². The standard InChI is InChI=1S/C18H23NO3/c1-13(11-14-7-3-6-10-18(14)22-2)19-12-17(21)15-8-4-5-9-16(15)20/h3-10,13,17,19-21H,11-12H2,1-2H3/t13-,17+/m1/s1.